The number of fused-ring (bicyclic) bond motifs is 3. The topological polar surface area (TPSA) is 111 Å². The van der Waals surface area contributed by atoms with Gasteiger partial charge < -0.3 is 20.7 Å². The molecule has 11 heteroatoms. The van der Waals surface area contributed by atoms with Gasteiger partial charge >= 0.3 is 5.97 Å². The standard InChI is InChI=1S/C27H27ClF3N3O4/c1-3-13(2)23(33-22(35)11-16-19(30)5-4-6-20(16)31)25(36)34-27(26(37)38)8-7-21-17(12-27)15-9-14(29)10-18(28)24(15)32-21/h4-6,9-10,13,23,32H,3,7-8,11-12H2,1-2H3,(H,33,35)(H,34,36)(H,37,38)/t13?,23-,27+/m0/s1. The normalized spacial score (nSPS) is 18.5. The van der Waals surface area contributed by atoms with Gasteiger partial charge in [0.2, 0.25) is 11.8 Å². The molecule has 202 valence electrons. The summed E-state index contributed by atoms with van der Waals surface area (Å²) >= 11 is 6.17. The molecule has 7 nitrogen and oxygen atoms in total. The van der Waals surface area contributed by atoms with Gasteiger partial charge in [-0.3, -0.25) is 9.59 Å². The van der Waals surface area contributed by atoms with Gasteiger partial charge in [0.25, 0.3) is 0 Å². The third-order valence-corrected chi connectivity index (χ3v) is 7.58. The zero-order valence-electron chi connectivity index (χ0n) is 20.8. The predicted octanol–water partition coefficient (Wildman–Crippen LogP) is 4.44. The Balaban J connectivity index is 1.59. The average molecular weight is 550 g/mol. The Morgan fingerprint density at radius 2 is 1.87 bits per heavy atom. The van der Waals surface area contributed by atoms with Gasteiger partial charge in [-0.1, -0.05) is 37.9 Å². The van der Waals surface area contributed by atoms with Crippen molar-refractivity contribution in [2.45, 2.75) is 57.5 Å². The first-order valence-corrected chi connectivity index (χ1v) is 12.6. The van der Waals surface area contributed by atoms with Gasteiger partial charge in [0.1, 0.15) is 29.0 Å². The van der Waals surface area contributed by atoms with Gasteiger partial charge in [-0.05, 0) is 48.6 Å². The average Bonchev–Trinajstić information content (AvgIpc) is 3.22. The van der Waals surface area contributed by atoms with Gasteiger partial charge in [0, 0.05) is 23.1 Å². The number of benzene rings is 2. The minimum Gasteiger partial charge on any atom is -0.479 e. The first kappa shape index (κ1) is 27.5. The SMILES string of the molecule is CCC(C)[C@H](NC(=O)Cc1c(F)cccc1F)C(=O)N[C@]1(C(=O)O)CCc2[nH]c3c(Cl)cc(F)cc3c2C1. The molecule has 4 N–H and O–H groups in total. The Kier molecular flexibility index (Phi) is 7.73. The second kappa shape index (κ2) is 10.7. The molecule has 3 aromatic rings. The highest BCUT2D eigenvalue weighted by atomic mass is 35.5. The number of hydrogen-bond acceptors (Lipinski definition) is 3. The van der Waals surface area contributed by atoms with Crippen LogP contribution in [0.2, 0.25) is 5.02 Å². The fourth-order valence-electron chi connectivity index (χ4n) is 4.92. The van der Waals surface area contributed by atoms with Gasteiger partial charge in [0.05, 0.1) is 17.0 Å². The highest BCUT2D eigenvalue weighted by Gasteiger charge is 2.45. The monoisotopic (exact) mass is 549 g/mol. The molecule has 4 rings (SSSR count). The maximum atomic E-state index is 14.1. The zero-order valence-corrected chi connectivity index (χ0v) is 21.5. The number of aryl methyl sites for hydroxylation is 1. The van der Waals surface area contributed by atoms with Crippen LogP contribution in [-0.4, -0.2) is 39.5 Å². The molecule has 2 amide bonds. The molecule has 2 aromatic carbocycles. The number of H-pyrrole nitrogens is 1. The van der Waals surface area contributed by atoms with Crippen molar-refractivity contribution in [3.05, 3.63) is 69.6 Å². The fraction of sp³-hybridized carbons (Fsp3) is 0.370. The summed E-state index contributed by atoms with van der Waals surface area (Å²) in [6, 6.07) is 4.50. The van der Waals surface area contributed by atoms with Gasteiger partial charge in [-0.2, -0.15) is 0 Å². The van der Waals surface area contributed by atoms with Crippen molar-refractivity contribution in [3.63, 3.8) is 0 Å². The van der Waals surface area contributed by atoms with Crippen LogP contribution in [0.5, 0.6) is 0 Å². The second-order valence-electron chi connectivity index (χ2n) is 9.75. The molecule has 0 bridgehead atoms. The van der Waals surface area contributed by atoms with Crippen LogP contribution in [0.3, 0.4) is 0 Å². The highest BCUT2D eigenvalue weighted by Crippen LogP contribution is 2.37. The van der Waals surface area contributed by atoms with E-state index in [-0.39, 0.29) is 24.3 Å². The number of carboxylic acids is 1. The van der Waals surface area contributed by atoms with Crippen LogP contribution in [0, 0.1) is 23.4 Å². The largest absolute Gasteiger partial charge is 0.479 e. The molecule has 1 aliphatic rings. The number of aromatic nitrogens is 1. The van der Waals surface area contributed by atoms with E-state index in [0.717, 1.165) is 18.2 Å². The molecule has 1 aliphatic carbocycles. The zero-order chi connectivity index (χ0) is 27.8. The molecule has 0 saturated carbocycles. The van der Waals surface area contributed by atoms with E-state index in [1.165, 1.54) is 12.1 Å². The third-order valence-electron chi connectivity index (χ3n) is 7.28. The number of amides is 2. The maximum Gasteiger partial charge on any atom is 0.329 e. The van der Waals surface area contributed by atoms with Crippen LogP contribution < -0.4 is 10.6 Å². The summed E-state index contributed by atoms with van der Waals surface area (Å²) < 4.78 is 42.2. The van der Waals surface area contributed by atoms with Crippen molar-refractivity contribution in [1.82, 2.24) is 15.6 Å². The Morgan fingerprint density at radius 3 is 2.50 bits per heavy atom. The number of nitrogens with one attached hydrogen (secondary N) is 3. The predicted molar refractivity (Wildman–Crippen MR) is 135 cm³/mol. The van der Waals surface area contributed by atoms with Crippen molar-refractivity contribution >= 4 is 40.3 Å². The highest BCUT2D eigenvalue weighted by molar-refractivity contribution is 6.35. The van der Waals surface area contributed by atoms with Crippen LogP contribution in [-0.2, 0) is 33.6 Å². The molecular weight excluding hydrogens is 523 g/mol. The van der Waals surface area contributed by atoms with Gasteiger partial charge in [0.15, 0.2) is 0 Å². The molecule has 0 saturated heterocycles. The van der Waals surface area contributed by atoms with Gasteiger partial charge in [-0.25, -0.2) is 18.0 Å². The summed E-state index contributed by atoms with van der Waals surface area (Å²) in [6.45, 7) is 3.49. The van der Waals surface area contributed by atoms with Crippen molar-refractivity contribution in [2.75, 3.05) is 0 Å². The molecule has 3 atom stereocenters. The molecule has 0 fully saturated rings. The van der Waals surface area contributed by atoms with E-state index in [1.54, 1.807) is 13.8 Å². The van der Waals surface area contributed by atoms with Crippen LogP contribution in [0.1, 0.15) is 43.5 Å². The van der Waals surface area contributed by atoms with Gasteiger partial charge in [-0.15, -0.1) is 0 Å². The first-order valence-electron chi connectivity index (χ1n) is 12.2. The van der Waals surface area contributed by atoms with E-state index in [9.17, 15) is 32.7 Å². The molecule has 0 aliphatic heterocycles. The molecule has 1 heterocycles. The number of hydrogen-bond donors (Lipinski definition) is 4. The summed E-state index contributed by atoms with van der Waals surface area (Å²) in [5.41, 5.74) is -0.436. The Bertz CT molecular complexity index is 1410. The molecule has 1 aromatic heterocycles. The molecule has 38 heavy (non-hydrogen) atoms. The van der Waals surface area contributed by atoms with Crippen LogP contribution in [0.15, 0.2) is 30.3 Å². The van der Waals surface area contributed by atoms with Crippen LogP contribution in [0.25, 0.3) is 10.9 Å². The number of rotatable bonds is 8. The maximum absolute atomic E-state index is 14.1. The third kappa shape index (κ3) is 5.22. The molecule has 0 spiro atoms. The number of aliphatic carboxylic acids is 1. The minimum absolute atomic E-state index is 0.0373. The fourth-order valence-corrected chi connectivity index (χ4v) is 5.17. The number of halogens is 4. The number of carbonyl (C=O) groups excluding carboxylic acids is 2. The summed E-state index contributed by atoms with van der Waals surface area (Å²) in [7, 11) is 0. The lowest BCUT2D eigenvalue weighted by atomic mass is 9.79. The van der Waals surface area contributed by atoms with Crippen molar-refractivity contribution < 1.29 is 32.7 Å². The Labute approximate surface area is 221 Å². The molecule has 0 radical (unpaired) electrons. The lowest BCUT2D eigenvalue weighted by Crippen LogP contribution is -2.62. The number of aromatic amines is 1. The van der Waals surface area contributed by atoms with E-state index >= 15 is 0 Å². The van der Waals surface area contributed by atoms with Crippen molar-refractivity contribution in [1.29, 1.82) is 0 Å². The summed E-state index contributed by atoms with van der Waals surface area (Å²) in [6.07, 6.45) is -0.0213. The lowest BCUT2D eigenvalue weighted by molar-refractivity contribution is -0.149. The lowest BCUT2D eigenvalue weighted by Gasteiger charge is -2.36. The molecule has 1 unspecified atom stereocenters. The Hall–Kier alpha value is -3.53. The molecular formula is C27H27ClF3N3O4. The van der Waals surface area contributed by atoms with Crippen molar-refractivity contribution in [2.24, 2.45) is 5.92 Å². The quantitative estimate of drug-likeness (QED) is 0.333. The first-order chi connectivity index (χ1) is 18.0. The summed E-state index contributed by atoms with van der Waals surface area (Å²) in [5, 5.41) is 15.9. The van der Waals surface area contributed by atoms with Crippen LogP contribution >= 0.6 is 11.6 Å². The van der Waals surface area contributed by atoms with E-state index in [4.69, 9.17) is 11.6 Å². The van der Waals surface area contributed by atoms with Crippen LogP contribution in [0.4, 0.5) is 13.2 Å². The number of carboxylic acid groups (broad SMARTS) is 1. The second-order valence-corrected chi connectivity index (χ2v) is 10.2. The summed E-state index contributed by atoms with van der Waals surface area (Å²) in [4.78, 5) is 41.8. The van der Waals surface area contributed by atoms with Crippen molar-refractivity contribution in [3.8, 4) is 0 Å². The smallest absolute Gasteiger partial charge is 0.329 e. The van der Waals surface area contributed by atoms with E-state index < -0.39 is 64.7 Å². The number of carbonyl (C=O) groups is 3. The minimum atomic E-state index is -1.73. The van der Waals surface area contributed by atoms with E-state index in [2.05, 4.69) is 15.6 Å². The Morgan fingerprint density at radius 1 is 1.18 bits per heavy atom. The van der Waals surface area contributed by atoms with E-state index in [0.29, 0.717) is 28.6 Å². The van der Waals surface area contributed by atoms with E-state index in [1.807, 2.05) is 0 Å². The summed E-state index contributed by atoms with van der Waals surface area (Å²) in [5.74, 6) is -5.58.